The minimum Gasteiger partial charge on any atom is -0.326 e. The van der Waals surface area contributed by atoms with E-state index in [0.717, 1.165) is 6.42 Å². The fourth-order valence-electron chi connectivity index (χ4n) is 2.41. The molecular formula is C14H32N2. The average molecular weight is 228 g/mol. The van der Waals surface area contributed by atoms with Crippen LogP contribution < -0.4 is 5.73 Å². The Morgan fingerprint density at radius 2 is 1.44 bits per heavy atom. The van der Waals surface area contributed by atoms with E-state index in [1.165, 1.54) is 19.4 Å². The first-order chi connectivity index (χ1) is 7.47. The van der Waals surface area contributed by atoms with Gasteiger partial charge in [0.25, 0.3) is 0 Å². The first kappa shape index (κ1) is 15.9. The molecule has 0 saturated heterocycles. The summed E-state index contributed by atoms with van der Waals surface area (Å²) in [5, 5.41) is 0. The van der Waals surface area contributed by atoms with Crippen molar-refractivity contribution in [1.82, 2.24) is 4.90 Å². The van der Waals surface area contributed by atoms with Crippen LogP contribution in [-0.2, 0) is 0 Å². The zero-order chi connectivity index (χ0) is 12.7. The van der Waals surface area contributed by atoms with Gasteiger partial charge in [-0.25, -0.2) is 0 Å². The molecule has 0 radical (unpaired) electrons. The summed E-state index contributed by atoms with van der Waals surface area (Å²) in [5.41, 5.74) is 6.20. The van der Waals surface area contributed by atoms with Crippen LogP contribution >= 0.6 is 0 Å². The molecule has 2 nitrogen and oxygen atoms in total. The number of hydrogen-bond acceptors (Lipinski definition) is 2. The van der Waals surface area contributed by atoms with E-state index in [0.29, 0.717) is 24.0 Å². The molecule has 0 aliphatic carbocycles. The van der Waals surface area contributed by atoms with E-state index >= 15 is 0 Å². The lowest BCUT2D eigenvalue weighted by molar-refractivity contribution is 0.101. The van der Waals surface area contributed by atoms with Gasteiger partial charge < -0.3 is 5.73 Å². The molecule has 0 aliphatic rings. The van der Waals surface area contributed by atoms with Gasteiger partial charge >= 0.3 is 0 Å². The van der Waals surface area contributed by atoms with E-state index in [2.05, 4.69) is 46.4 Å². The highest BCUT2D eigenvalue weighted by atomic mass is 15.2. The number of nitrogens with two attached hydrogens (primary N) is 1. The van der Waals surface area contributed by atoms with Crippen LogP contribution in [0.25, 0.3) is 0 Å². The third-order valence-corrected chi connectivity index (χ3v) is 3.60. The molecule has 2 unspecified atom stereocenters. The van der Waals surface area contributed by atoms with E-state index in [4.69, 9.17) is 5.73 Å². The van der Waals surface area contributed by atoms with Gasteiger partial charge in [0.15, 0.2) is 0 Å². The van der Waals surface area contributed by atoms with Crippen molar-refractivity contribution in [3.63, 3.8) is 0 Å². The van der Waals surface area contributed by atoms with Crippen LogP contribution in [0.5, 0.6) is 0 Å². The van der Waals surface area contributed by atoms with Crippen molar-refractivity contribution in [1.29, 1.82) is 0 Å². The standard InChI is InChI=1S/C14H32N2/c1-7-13(8-2)16(10-11(4)5)12(6)14(15)9-3/h11-14H,7-10,15H2,1-6H3. The number of nitrogens with zero attached hydrogens (tertiary/aromatic N) is 1. The predicted molar refractivity (Wildman–Crippen MR) is 73.6 cm³/mol. The normalized spacial score (nSPS) is 16.1. The highest BCUT2D eigenvalue weighted by Crippen LogP contribution is 2.17. The van der Waals surface area contributed by atoms with Crippen LogP contribution in [0.3, 0.4) is 0 Å². The van der Waals surface area contributed by atoms with Crippen molar-refractivity contribution in [2.24, 2.45) is 11.7 Å². The molecule has 0 rings (SSSR count). The first-order valence-corrected chi connectivity index (χ1v) is 6.99. The fourth-order valence-corrected chi connectivity index (χ4v) is 2.41. The quantitative estimate of drug-likeness (QED) is 0.691. The van der Waals surface area contributed by atoms with E-state index < -0.39 is 0 Å². The summed E-state index contributed by atoms with van der Waals surface area (Å²) in [4.78, 5) is 2.62. The van der Waals surface area contributed by atoms with Gasteiger partial charge in [-0.2, -0.15) is 0 Å². The molecule has 2 atom stereocenters. The Balaban J connectivity index is 4.63. The van der Waals surface area contributed by atoms with Crippen LogP contribution in [0.2, 0.25) is 0 Å². The molecule has 0 aromatic rings. The van der Waals surface area contributed by atoms with Gasteiger partial charge in [0.05, 0.1) is 0 Å². The predicted octanol–water partition coefficient (Wildman–Crippen LogP) is 3.26. The molecule has 0 spiro atoms. The Bertz CT molecular complexity index is 164. The first-order valence-electron chi connectivity index (χ1n) is 6.99. The van der Waals surface area contributed by atoms with Gasteiger partial charge in [0, 0.05) is 24.7 Å². The average Bonchev–Trinajstić information content (AvgIpc) is 2.26. The SMILES string of the molecule is CCC(N)C(C)N(CC(C)C)C(CC)CC. The molecule has 0 aliphatic heterocycles. The Labute approximate surface area is 103 Å². The van der Waals surface area contributed by atoms with Crippen LogP contribution in [0.1, 0.15) is 60.8 Å². The molecule has 0 amide bonds. The molecule has 0 heterocycles. The Morgan fingerprint density at radius 3 is 1.75 bits per heavy atom. The third-order valence-electron chi connectivity index (χ3n) is 3.60. The Morgan fingerprint density at radius 1 is 0.938 bits per heavy atom. The minimum atomic E-state index is 0.305. The highest BCUT2D eigenvalue weighted by molar-refractivity contribution is 4.82. The molecule has 2 N–H and O–H groups in total. The summed E-state index contributed by atoms with van der Waals surface area (Å²) in [6.45, 7) is 14.8. The second kappa shape index (κ2) is 8.08. The van der Waals surface area contributed by atoms with Crippen molar-refractivity contribution >= 4 is 0 Å². The van der Waals surface area contributed by atoms with E-state index in [1.54, 1.807) is 0 Å². The van der Waals surface area contributed by atoms with Crippen molar-refractivity contribution in [2.45, 2.75) is 78.9 Å². The van der Waals surface area contributed by atoms with E-state index in [-0.39, 0.29) is 0 Å². The van der Waals surface area contributed by atoms with E-state index in [9.17, 15) is 0 Å². The molecule has 0 saturated carbocycles. The summed E-state index contributed by atoms with van der Waals surface area (Å²) in [6, 6.07) is 1.49. The van der Waals surface area contributed by atoms with Crippen LogP contribution in [0.15, 0.2) is 0 Å². The van der Waals surface area contributed by atoms with Gasteiger partial charge in [0.2, 0.25) is 0 Å². The summed E-state index contributed by atoms with van der Waals surface area (Å²) < 4.78 is 0. The van der Waals surface area contributed by atoms with Gasteiger partial charge in [-0.3, -0.25) is 4.90 Å². The van der Waals surface area contributed by atoms with Crippen molar-refractivity contribution in [2.75, 3.05) is 6.54 Å². The lowest BCUT2D eigenvalue weighted by Crippen LogP contribution is -2.51. The Kier molecular flexibility index (Phi) is 8.04. The lowest BCUT2D eigenvalue weighted by Gasteiger charge is -2.39. The molecule has 0 aromatic carbocycles. The minimum absolute atomic E-state index is 0.305. The molecule has 0 bridgehead atoms. The fraction of sp³-hybridized carbons (Fsp3) is 1.00. The molecule has 2 heteroatoms. The van der Waals surface area contributed by atoms with Gasteiger partial charge in [-0.15, -0.1) is 0 Å². The number of rotatable bonds is 8. The maximum Gasteiger partial charge on any atom is 0.0221 e. The van der Waals surface area contributed by atoms with Crippen molar-refractivity contribution in [3.8, 4) is 0 Å². The van der Waals surface area contributed by atoms with Gasteiger partial charge in [0.1, 0.15) is 0 Å². The Hall–Kier alpha value is -0.0800. The van der Waals surface area contributed by atoms with Crippen LogP contribution in [-0.4, -0.2) is 29.6 Å². The van der Waals surface area contributed by atoms with Crippen molar-refractivity contribution in [3.05, 3.63) is 0 Å². The summed E-state index contributed by atoms with van der Waals surface area (Å²) in [7, 11) is 0. The maximum absolute atomic E-state index is 6.20. The molecule has 16 heavy (non-hydrogen) atoms. The summed E-state index contributed by atoms with van der Waals surface area (Å²) in [5.74, 6) is 0.715. The molecule has 0 fully saturated rings. The molecule has 98 valence electrons. The zero-order valence-corrected chi connectivity index (χ0v) is 12.2. The van der Waals surface area contributed by atoms with Gasteiger partial charge in [-0.05, 0) is 32.1 Å². The topological polar surface area (TPSA) is 29.3 Å². The summed E-state index contributed by atoms with van der Waals surface area (Å²) >= 11 is 0. The second-order valence-corrected chi connectivity index (χ2v) is 5.37. The zero-order valence-electron chi connectivity index (χ0n) is 12.2. The number of hydrogen-bond donors (Lipinski definition) is 1. The third kappa shape index (κ3) is 4.84. The highest BCUT2D eigenvalue weighted by Gasteiger charge is 2.25. The largest absolute Gasteiger partial charge is 0.326 e. The van der Waals surface area contributed by atoms with Crippen molar-refractivity contribution < 1.29 is 0 Å². The van der Waals surface area contributed by atoms with Crippen LogP contribution in [0.4, 0.5) is 0 Å². The molecule has 0 aromatic heterocycles. The van der Waals surface area contributed by atoms with Crippen LogP contribution in [0, 0.1) is 5.92 Å². The van der Waals surface area contributed by atoms with Gasteiger partial charge in [-0.1, -0.05) is 34.6 Å². The smallest absolute Gasteiger partial charge is 0.0221 e. The maximum atomic E-state index is 6.20. The summed E-state index contributed by atoms with van der Waals surface area (Å²) in [6.07, 6.45) is 3.52. The second-order valence-electron chi connectivity index (χ2n) is 5.37. The van der Waals surface area contributed by atoms with E-state index in [1.807, 2.05) is 0 Å². The lowest BCUT2D eigenvalue weighted by atomic mass is 10.00. The monoisotopic (exact) mass is 228 g/mol. The molecular weight excluding hydrogens is 196 g/mol.